The number of hydrogen-bond donors (Lipinski definition) is 0. The van der Waals surface area contributed by atoms with Gasteiger partial charge in [0.25, 0.3) is 0 Å². The van der Waals surface area contributed by atoms with Crippen molar-refractivity contribution in [3.63, 3.8) is 0 Å². The first-order valence-electron chi connectivity index (χ1n) is 5.69. The van der Waals surface area contributed by atoms with E-state index in [9.17, 15) is 0 Å². The second kappa shape index (κ2) is 6.68. The average molecular weight is 296 g/mol. The highest BCUT2D eigenvalue weighted by Crippen LogP contribution is 2.29. The zero-order valence-electron chi connectivity index (χ0n) is 10.7. The smallest absolute Gasteiger partial charge is 0.171 e. The number of pyridine rings is 1. The van der Waals surface area contributed by atoms with Crippen LogP contribution in [0.1, 0.15) is 5.56 Å². The first kappa shape index (κ1) is 14.0. The maximum absolute atomic E-state index is 5.93. The van der Waals surface area contributed by atoms with Crippen LogP contribution in [0.15, 0.2) is 41.4 Å². The molecule has 2 aromatic rings. The quantitative estimate of drug-likeness (QED) is 0.615. The fraction of sp³-hybridized carbons (Fsp3) is 0.214. The van der Waals surface area contributed by atoms with Crippen LogP contribution in [0.25, 0.3) is 0 Å². The van der Waals surface area contributed by atoms with Gasteiger partial charge in [-0.25, -0.2) is 4.98 Å². The van der Waals surface area contributed by atoms with E-state index in [1.807, 2.05) is 24.5 Å². The summed E-state index contributed by atoms with van der Waals surface area (Å²) in [5.74, 6) is 1.43. The number of halogens is 1. The number of rotatable bonds is 5. The van der Waals surface area contributed by atoms with Crippen molar-refractivity contribution < 1.29 is 9.47 Å². The molecule has 0 fully saturated rings. The molecule has 0 aliphatic carbocycles. The summed E-state index contributed by atoms with van der Waals surface area (Å²) in [6, 6.07) is 9.59. The third-order valence-corrected chi connectivity index (χ3v) is 3.63. The first-order valence-corrected chi connectivity index (χ1v) is 7.29. The number of ether oxygens (including phenoxy) is 2. The van der Waals surface area contributed by atoms with E-state index in [1.54, 1.807) is 37.2 Å². The molecule has 2 rings (SSSR count). The summed E-state index contributed by atoms with van der Waals surface area (Å²) in [6.07, 6.45) is 3.65. The highest BCUT2D eigenvalue weighted by atomic mass is 35.5. The molecule has 0 amide bonds. The Morgan fingerprint density at radius 1 is 1.26 bits per heavy atom. The Kier molecular flexibility index (Phi) is 4.93. The Hall–Kier alpha value is -1.39. The van der Waals surface area contributed by atoms with Crippen LogP contribution in [0.5, 0.6) is 11.5 Å². The lowest BCUT2D eigenvalue weighted by atomic mass is 10.2. The van der Waals surface area contributed by atoms with E-state index < -0.39 is 0 Å². The molecule has 19 heavy (non-hydrogen) atoms. The minimum absolute atomic E-state index is 0.371. The number of nitrogens with zero attached hydrogens (tertiary/aromatic N) is 1. The number of aromatic nitrogens is 1. The van der Waals surface area contributed by atoms with E-state index >= 15 is 0 Å². The van der Waals surface area contributed by atoms with Crippen LogP contribution in [-0.4, -0.2) is 18.3 Å². The van der Waals surface area contributed by atoms with Crippen LogP contribution in [0.4, 0.5) is 0 Å². The molecule has 0 atom stereocenters. The third-order valence-electron chi connectivity index (χ3n) is 2.57. The van der Waals surface area contributed by atoms with Crippen molar-refractivity contribution >= 4 is 23.4 Å². The van der Waals surface area contributed by atoms with Gasteiger partial charge in [-0.1, -0.05) is 17.7 Å². The van der Waals surface area contributed by atoms with Gasteiger partial charge < -0.3 is 9.47 Å². The molecule has 3 nitrogen and oxygen atoms in total. The van der Waals surface area contributed by atoms with Gasteiger partial charge in [-0.05, 0) is 36.1 Å². The molecule has 100 valence electrons. The molecule has 0 aliphatic heterocycles. The average Bonchev–Trinajstić information content (AvgIpc) is 2.46. The largest absolute Gasteiger partial charge is 0.496 e. The topological polar surface area (TPSA) is 31.4 Å². The summed E-state index contributed by atoms with van der Waals surface area (Å²) in [4.78, 5) is 5.07. The molecule has 0 N–H and O–H groups in total. The zero-order chi connectivity index (χ0) is 13.7. The number of benzene rings is 1. The van der Waals surface area contributed by atoms with Crippen LogP contribution >= 0.6 is 23.4 Å². The van der Waals surface area contributed by atoms with Crippen molar-refractivity contribution in [1.82, 2.24) is 4.98 Å². The summed E-state index contributed by atoms with van der Waals surface area (Å²) in [6.45, 7) is 0.427. The van der Waals surface area contributed by atoms with Crippen LogP contribution in [0.3, 0.4) is 0 Å². The van der Waals surface area contributed by atoms with E-state index in [-0.39, 0.29) is 0 Å². The van der Waals surface area contributed by atoms with Crippen molar-refractivity contribution in [3.05, 3.63) is 47.2 Å². The standard InChI is InChI=1S/C14H14ClNO2S/c1-17-12-8-10(5-6-13(12)19-2)9-18-11-4-3-7-16-14(11)15/h3-8H,9H2,1-2H3. The summed E-state index contributed by atoms with van der Waals surface area (Å²) in [5, 5.41) is 0.371. The van der Waals surface area contributed by atoms with Crippen molar-refractivity contribution in [1.29, 1.82) is 0 Å². The Morgan fingerprint density at radius 2 is 2.11 bits per heavy atom. The van der Waals surface area contributed by atoms with Crippen molar-refractivity contribution in [3.8, 4) is 11.5 Å². The molecule has 0 aliphatic rings. The van der Waals surface area contributed by atoms with Gasteiger partial charge in [0.2, 0.25) is 0 Å². The summed E-state index contributed by atoms with van der Waals surface area (Å²) >= 11 is 7.58. The van der Waals surface area contributed by atoms with E-state index in [2.05, 4.69) is 4.98 Å². The molecular weight excluding hydrogens is 282 g/mol. The normalized spacial score (nSPS) is 10.3. The van der Waals surface area contributed by atoms with E-state index in [0.717, 1.165) is 16.2 Å². The van der Waals surface area contributed by atoms with E-state index in [4.69, 9.17) is 21.1 Å². The minimum Gasteiger partial charge on any atom is -0.496 e. The molecule has 1 heterocycles. The Labute approximate surface area is 121 Å². The van der Waals surface area contributed by atoms with E-state index in [0.29, 0.717) is 17.5 Å². The predicted molar refractivity (Wildman–Crippen MR) is 78.4 cm³/mol. The van der Waals surface area contributed by atoms with Gasteiger partial charge in [0, 0.05) is 11.1 Å². The van der Waals surface area contributed by atoms with Crippen LogP contribution in [-0.2, 0) is 6.61 Å². The Balaban J connectivity index is 2.10. The summed E-state index contributed by atoms with van der Waals surface area (Å²) < 4.78 is 11.0. The monoisotopic (exact) mass is 295 g/mol. The van der Waals surface area contributed by atoms with Gasteiger partial charge in [-0.3, -0.25) is 0 Å². The van der Waals surface area contributed by atoms with Crippen molar-refractivity contribution in [2.75, 3.05) is 13.4 Å². The molecule has 0 spiro atoms. The van der Waals surface area contributed by atoms with Gasteiger partial charge >= 0.3 is 0 Å². The number of thioether (sulfide) groups is 1. The lowest BCUT2D eigenvalue weighted by Gasteiger charge is -2.10. The molecule has 1 aromatic carbocycles. The predicted octanol–water partition coefficient (Wildman–Crippen LogP) is 4.04. The summed E-state index contributed by atoms with van der Waals surface area (Å²) in [5.41, 5.74) is 1.02. The molecule has 1 aromatic heterocycles. The van der Waals surface area contributed by atoms with Crippen molar-refractivity contribution in [2.45, 2.75) is 11.5 Å². The Bertz CT molecular complexity index is 563. The third kappa shape index (κ3) is 3.55. The van der Waals surface area contributed by atoms with E-state index in [1.165, 1.54) is 0 Å². The van der Waals surface area contributed by atoms with Gasteiger partial charge in [-0.15, -0.1) is 11.8 Å². The highest BCUT2D eigenvalue weighted by molar-refractivity contribution is 7.98. The lowest BCUT2D eigenvalue weighted by molar-refractivity contribution is 0.304. The summed E-state index contributed by atoms with van der Waals surface area (Å²) in [7, 11) is 1.66. The highest BCUT2D eigenvalue weighted by Gasteiger charge is 2.05. The molecule has 0 saturated heterocycles. The number of methoxy groups -OCH3 is 1. The molecule has 5 heteroatoms. The van der Waals surface area contributed by atoms with Crippen LogP contribution in [0, 0.1) is 0 Å². The van der Waals surface area contributed by atoms with Gasteiger partial charge in [-0.2, -0.15) is 0 Å². The zero-order valence-corrected chi connectivity index (χ0v) is 12.3. The number of hydrogen-bond acceptors (Lipinski definition) is 4. The maximum atomic E-state index is 5.93. The second-order valence-corrected chi connectivity index (χ2v) is 4.98. The second-order valence-electron chi connectivity index (χ2n) is 3.77. The van der Waals surface area contributed by atoms with Gasteiger partial charge in [0.15, 0.2) is 10.9 Å². The molecule has 0 radical (unpaired) electrons. The molecule has 0 saturated carbocycles. The Morgan fingerprint density at radius 3 is 2.79 bits per heavy atom. The molecule has 0 unspecified atom stereocenters. The SMILES string of the molecule is COc1cc(COc2cccnc2Cl)ccc1SC. The minimum atomic E-state index is 0.371. The fourth-order valence-electron chi connectivity index (χ4n) is 1.61. The van der Waals surface area contributed by atoms with Gasteiger partial charge in [0.05, 0.1) is 7.11 Å². The molecular formula is C14H14ClNO2S. The maximum Gasteiger partial charge on any atom is 0.171 e. The fourth-order valence-corrected chi connectivity index (χ4v) is 2.33. The van der Waals surface area contributed by atoms with Gasteiger partial charge in [0.1, 0.15) is 12.4 Å². The lowest BCUT2D eigenvalue weighted by Crippen LogP contribution is -1.97. The molecule has 0 bridgehead atoms. The van der Waals surface area contributed by atoms with Crippen LogP contribution in [0.2, 0.25) is 5.15 Å². The van der Waals surface area contributed by atoms with Crippen molar-refractivity contribution in [2.24, 2.45) is 0 Å². The first-order chi connectivity index (χ1) is 9.24. The van der Waals surface area contributed by atoms with Crippen LogP contribution < -0.4 is 9.47 Å².